The van der Waals surface area contributed by atoms with Gasteiger partial charge in [0.2, 0.25) is 5.85 Å². The number of ether oxygens (including phenoxy) is 3. The van der Waals surface area contributed by atoms with Crippen molar-refractivity contribution in [2.24, 2.45) is 5.41 Å². The molecule has 0 saturated heterocycles. The maximum Gasteiger partial charge on any atom is 0.416 e. The number of nitrogens with zero attached hydrogens (tertiary/aromatic N) is 1. The predicted octanol–water partition coefficient (Wildman–Crippen LogP) is 6.65. The number of allylic oxidation sites excluding steroid dienone is 2. The lowest BCUT2D eigenvalue weighted by Crippen LogP contribution is -2.61. The van der Waals surface area contributed by atoms with Gasteiger partial charge in [-0.05, 0) is 78.8 Å². The summed E-state index contributed by atoms with van der Waals surface area (Å²) in [7, 11) is 1.56. The molecule has 0 spiro atoms. The van der Waals surface area contributed by atoms with Crippen molar-refractivity contribution >= 4 is 17.3 Å². The Hall–Kier alpha value is -4.55. The van der Waals surface area contributed by atoms with E-state index in [1.54, 1.807) is 58.6 Å². The van der Waals surface area contributed by atoms with Gasteiger partial charge in [-0.2, -0.15) is 13.2 Å². The largest absolute Gasteiger partial charge is 0.497 e. The number of methoxy groups -OCH3 is 1. The monoisotopic (exact) mass is 640 g/mol. The van der Waals surface area contributed by atoms with E-state index in [1.165, 1.54) is 12.1 Å². The van der Waals surface area contributed by atoms with Gasteiger partial charge in [0.1, 0.15) is 11.5 Å². The summed E-state index contributed by atoms with van der Waals surface area (Å²) >= 11 is 0. The molecule has 1 aromatic heterocycles. The van der Waals surface area contributed by atoms with Crippen LogP contribution < -0.4 is 25.4 Å². The number of alkyl halides is 3. The molecular formula is C34H39F3N4O5. The first-order valence-electron chi connectivity index (χ1n) is 14.7. The number of aliphatic hydroxyl groups excluding tert-OH is 1. The number of hydrogen-bond acceptors (Lipinski definition) is 7. The number of carbonyl (C=O) groups is 1. The maximum absolute atomic E-state index is 14.0. The number of halogens is 3. The molecule has 0 fully saturated rings. The first kappa shape index (κ1) is 34.3. The summed E-state index contributed by atoms with van der Waals surface area (Å²) in [4.78, 5) is 17.6. The number of hydrogen-bond donors (Lipinski definition) is 4. The van der Waals surface area contributed by atoms with Gasteiger partial charge in [0, 0.05) is 35.8 Å². The molecule has 0 saturated carbocycles. The Bertz CT molecular complexity index is 1590. The van der Waals surface area contributed by atoms with E-state index in [0.29, 0.717) is 23.7 Å². The fraction of sp³-hybridized carbons (Fsp3) is 0.353. The molecule has 46 heavy (non-hydrogen) atoms. The molecule has 0 aliphatic carbocycles. The first-order chi connectivity index (χ1) is 21.8. The zero-order valence-electron chi connectivity index (χ0n) is 26.4. The fourth-order valence-electron chi connectivity index (χ4n) is 4.86. The number of urea groups is 1. The van der Waals surface area contributed by atoms with E-state index in [2.05, 4.69) is 20.9 Å². The molecule has 4 rings (SSSR count). The van der Waals surface area contributed by atoms with Crippen molar-refractivity contribution in [2.45, 2.75) is 52.7 Å². The quantitative estimate of drug-likeness (QED) is 0.164. The molecule has 0 bridgehead atoms. The highest BCUT2D eigenvalue weighted by molar-refractivity contribution is 5.90. The summed E-state index contributed by atoms with van der Waals surface area (Å²) in [5.41, 5.74) is 1.16. The number of aromatic nitrogens is 1. The second-order valence-corrected chi connectivity index (χ2v) is 11.7. The minimum Gasteiger partial charge on any atom is -0.497 e. The van der Waals surface area contributed by atoms with Crippen LogP contribution in [0.1, 0.15) is 49.9 Å². The molecule has 4 N–H and O–H groups in total. The van der Waals surface area contributed by atoms with Crippen LogP contribution in [0.15, 0.2) is 78.8 Å². The summed E-state index contributed by atoms with van der Waals surface area (Å²) in [5, 5.41) is 18.0. The lowest BCUT2D eigenvalue weighted by atomic mass is 9.85. The van der Waals surface area contributed by atoms with Gasteiger partial charge in [-0.1, -0.05) is 32.0 Å². The van der Waals surface area contributed by atoms with Gasteiger partial charge in [0.05, 0.1) is 32.1 Å². The van der Waals surface area contributed by atoms with Crippen LogP contribution in [0.5, 0.6) is 11.5 Å². The normalized spacial score (nSPS) is 16.5. The Balaban J connectivity index is 1.60. The molecular weight excluding hydrogens is 601 g/mol. The SMILES string of the molecule is CCOc1cncc(C2=CNC(NC(=O)Nc3ccc(CC(C)(C)CO)c(C(F)(F)F)c3)(OCc3ccc(OC)cc3)C(C)=C2)c1. The number of rotatable bonds is 12. The lowest BCUT2D eigenvalue weighted by Gasteiger charge is -2.38. The van der Waals surface area contributed by atoms with Crippen molar-refractivity contribution in [1.82, 2.24) is 15.6 Å². The Morgan fingerprint density at radius 2 is 1.80 bits per heavy atom. The van der Waals surface area contributed by atoms with E-state index >= 15 is 0 Å². The van der Waals surface area contributed by atoms with E-state index < -0.39 is 29.0 Å². The maximum atomic E-state index is 14.0. The van der Waals surface area contributed by atoms with Crippen molar-refractivity contribution in [3.8, 4) is 11.5 Å². The van der Waals surface area contributed by atoms with Crippen LogP contribution in [0.3, 0.4) is 0 Å². The van der Waals surface area contributed by atoms with Gasteiger partial charge in [-0.25, -0.2) is 4.79 Å². The molecule has 1 unspecified atom stereocenters. The number of anilines is 1. The Morgan fingerprint density at radius 1 is 1.07 bits per heavy atom. The Labute approximate surface area is 266 Å². The molecule has 3 aromatic rings. The molecule has 1 aliphatic heterocycles. The number of nitrogens with one attached hydrogen (secondary N) is 3. The Morgan fingerprint density at radius 3 is 2.43 bits per heavy atom. The number of carbonyl (C=O) groups excluding carboxylic acids is 1. The van der Waals surface area contributed by atoms with Crippen LogP contribution in [0, 0.1) is 5.41 Å². The van der Waals surface area contributed by atoms with E-state index in [4.69, 9.17) is 14.2 Å². The molecule has 2 amide bonds. The smallest absolute Gasteiger partial charge is 0.416 e. The third-order valence-corrected chi connectivity index (χ3v) is 7.39. The van der Waals surface area contributed by atoms with Gasteiger partial charge in [-0.15, -0.1) is 0 Å². The van der Waals surface area contributed by atoms with Crippen LogP contribution in [-0.2, 0) is 23.9 Å². The van der Waals surface area contributed by atoms with Crippen LogP contribution >= 0.6 is 0 Å². The zero-order valence-corrected chi connectivity index (χ0v) is 26.4. The number of amides is 2. The number of pyridine rings is 1. The number of dihydropyridines is 1. The Kier molecular flexibility index (Phi) is 10.6. The van der Waals surface area contributed by atoms with E-state index in [9.17, 15) is 23.1 Å². The fourth-order valence-corrected chi connectivity index (χ4v) is 4.86. The summed E-state index contributed by atoms with van der Waals surface area (Å²) in [6.45, 7) is 7.25. The third-order valence-electron chi connectivity index (χ3n) is 7.39. The summed E-state index contributed by atoms with van der Waals surface area (Å²) < 4.78 is 59.2. The highest BCUT2D eigenvalue weighted by atomic mass is 19.4. The second kappa shape index (κ2) is 14.3. The first-order valence-corrected chi connectivity index (χ1v) is 14.7. The lowest BCUT2D eigenvalue weighted by molar-refractivity contribution is -0.138. The standard InChI is InChI=1S/C34H39F3N4O5/c1-6-45-29-14-26(17-38-19-29)25-13-22(2)34(39-18-25,46-20-23-7-11-28(44-5)12-8-23)41-31(43)40-27-10-9-24(16-32(3,4)21-42)30(15-27)33(35,36)37/h7-15,17-19,39,42H,6,16,20-21H2,1-5H3,(H2,40,41,43). The summed E-state index contributed by atoms with van der Waals surface area (Å²) in [6, 6.07) is 11.8. The average Bonchev–Trinajstić information content (AvgIpc) is 3.02. The second-order valence-electron chi connectivity index (χ2n) is 11.7. The van der Waals surface area contributed by atoms with Crippen molar-refractivity contribution < 1.29 is 37.3 Å². The highest BCUT2D eigenvalue weighted by Crippen LogP contribution is 2.37. The van der Waals surface area contributed by atoms with Crippen molar-refractivity contribution in [1.29, 1.82) is 0 Å². The van der Waals surface area contributed by atoms with Gasteiger partial charge in [0.25, 0.3) is 0 Å². The summed E-state index contributed by atoms with van der Waals surface area (Å²) in [5.74, 6) is -0.292. The molecule has 9 nitrogen and oxygen atoms in total. The van der Waals surface area contributed by atoms with E-state index in [-0.39, 0.29) is 30.9 Å². The van der Waals surface area contributed by atoms with Crippen LogP contribution in [-0.4, -0.2) is 42.3 Å². The molecule has 246 valence electrons. The van der Waals surface area contributed by atoms with E-state index in [1.807, 2.05) is 31.2 Å². The van der Waals surface area contributed by atoms with Crippen LogP contribution in [0.2, 0.25) is 0 Å². The van der Waals surface area contributed by atoms with Gasteiger partial charge < -0.3 is 30.0 Å². The molecule has 2 heterocycles. The van der Waals surface area contributed by atoms with Gasteiger partial charge in [-0.3, -0.25) is 10.3 Å². The molecule has 12 heteroatoms. The van der Waals surface area contributed by atoms with Crippen LogP contribution in [0.25, 0.3) is 5.57 Å². The number of benzene rings is 2. The van der Waals surface area contributed by atoms with Crippen molar-refractivity contribution in [2.75, 3.05) is 25.6 Å². The minimum absolute atomic E-state index is 0.00128. The van der Waals surface area contributed by atoms with Crippen LogP contribution in [0.4, 0.5) is 23.7 Å². The molecule has 2 aromatic carbocycles. The number of aliphatic hydroxyl groups is 1. The minimum atomic E-state index is -4.67. The van der Waals surface area contributed by atoms with Gasteiger partial charge >= 0.3 is 12.2 Å². The topological polar surface area (TPSA) is 114 Å². The zero-order chi connectivity index (χ0) is 33.5. The predicted molar refractivity (Wildman–Crippen MR) is 169 cm³/mol. The molecule has 1 aliphatic rings. The molecule has 1 atom stereocenters. The summed E-state index contributed by atoms with van der Waals surface area (Å²) in [6.07, 6.45) is 2.09. The van der Waals surface area contributed by atoms with Crippen molar-refractivity contribution in [3.63, 3.8) is 0 Å². The van der Waals surface area contributed by atoms with Crippen molar-refractivity contribution in [3.05, 3.63) is 101 Å². The highest BCUT2D eigenvalue weighted by Gasteiger charge is 2.38. The van der Waals surface area contributed by atoms with Gasteiger partial charge in [0.15, 0.2) is 0 Å². The molecule has 0 radical (unpaired) electrons. The third kappa shape index (κ3) is 8.58. The average molecular weight is 641 g/mol. The van der Waals surface area contributed by atoms with E-state index in [0.717, 1.165) is 22.8 Å².